The molecule has 0 spiro atoms. The van der Waals surface area contributed by atoms with Crippen LogP contribution in [0.25, 0.3) is 0 Å². The molecule has 0 aromatic heterocycles. The van der Waals surface area contributed by atoms with Crippen molar-refractivity contribution in [3.05, 3.63) is 0 Å². The second-order valence-corrected chi connectivity index (χ2v) is 5.97. The maximum atomic E-state index is 11.9. The zero-order chi connectivity index (χ0) is 12.3. The lowest BCUT2D eigenvalue weighted by Crippen LogP contribution is -2.45. The normalized spacial score (nSPS) is 34.0. The Morgan fingerprint density at radius 2 is 1.94 bits per heavy atom. The van der Waals surface area contributed by atoms with Crippen molar-refractivity contribution in [2.75, 3.05) is 19.6 Å². The average Bonchev–Trinajstić information content (AvgIpc) is 2.83. The molecule has 1 saturated heterocycles. The van der Waals surface area contributed by atoms with Gasteiger partial charge in [0.05, 0.1) is 6.54 Å². The van der Waals surface area contributed by atoms with Crippen LogP contribution in [0.15, 0.2) is 0 Å². The van der Waals surface area contributed by atoms with Gasteiger partial charge in [-0.05, 0) is 37.5 Å². The number of amides is 1. The van der Waals surface area contributed by atoms with Gasteiger partial charge >= 0.3 is 0 Å². The lowest BCUT2D eigenvalue weighted by Gasteiger charge is -2.33. The summed E-state index contributed by atoms with van der Waals surface area (Å²) in [5.41, 5.74) is 0. The van der Waals surface area contributed by atoms with Gasteiger partial charge in [-0.25, -0.2) is 0 Å². The molecule has 1 aliphatic carbocycles. The Hall–Kier alpha value is -0.570. The minimum atomic E-state index is 0.299. The van der Waals surface area contributed by atoms with E-state index in [1.54, 1.807) is 0 Å². The predicted octanol–water partition coefficient (Wildman–Crippen LogP) is 2.02. The number of hydrogen-bond donors (Lipinski definition) is 1. The molecule has 3 atom stereocenters. The van der Waals surface area contributed by atoms with Crippen molar-refractivity contribution in [1.82, 2.24) is 10.2 Å². The van der Waals surface area contributed by atoms with Crippen LogP contribution >= 0.6 is 0 Å². The van der Waals surface area contributed by atoms with Gasteiger partial charge in [-0.1, -0.05) is 20.3 Å². The van der Waals surface area contributed by atoms with Gasteiger partial charge < -0.3 is 10.2 Å². The SMILES string of the molecule is CC1CCC(C)C(NCC(=O)N2CCCC2)C1. The fraction of sp³-hybridized carbons (Fsp3) is 0.929. The first-order valence-electron chi connectivity index (χ1n) is 7.18. The van der Waals surface area contributed by atoms with Gasteiger partial charge in [-0.3, -0.25) is 4.79 Å². The molecule has 17 heavy (non-hydrogen) atoms. The summed E-state index contributed by atoms with van der Waals surface area (Å²) in [6.45, 7) is 7.11. The number of likely N-dealkylation sites (tertiary alicyclic amines) is 1. The zero-order valence-corrected chi connectivity index (χ0v) is 11.2. The Kier molecular flexibility index (Phi) is 4.43. The minimum Gasteiger partial charge on any atom is -0.342 e. The molecular weight excluding hydrogens is 212 g/mol. The molecule has 1 aliphatic heterocycles. The average molecular weight is 238 g/mol. The quantitative estimate of drug-likeness (QED) is 0.816. The summed E-state index contributed by atoms with van der Waals surface area (Å²) in [4.78, 5) is 13.9. The van der Waals surface area contributed by atoms with E-state index in [0.717, 1.165) is 24.9 Å². The van der Waals surface area contributed by atoms with E-state index in [1.807, 2.05) is 4.90 Å². The fourth-order valence-corrected chi connectivity index (χ4v) is 3.11. The molecule has 3 unspecified atom stereocenters. The first-order chi connectivity index (χ1) is 8.16. The van der Waals surface area contributed by atoms with Crippen molar-refractivity contribution in [3.8, 4) is 0 Å². The van der Waals surface area contributed by atoms with Gasteiger partial charge in [-0.2, -0.15) is 0 Å². The van der Waals surface area contributed by atoms with Crippen molar-refractivity contribution < 1.29 is 4.79 Å². The van der Waals surface area contributed by atoms with Crippen molar-refractivity contribution in [2.45, 2.75) is 52.0 Å². The first-order valence-corrected chi connectivity index (χ1v) is 7.18. The van der Waals surface area contributed by atoms with Crippen molar-refractivity contribution >= 4 is 5.91 Å². The maximum Gasteiger partial charge on any atom is 0.236 e. The maximum absolute atomic E-state index is 11.9. The summed E-state index contributed by atoms with van der Waals surface area (Å²) in [7, 11) is 0. The second kappa shape index (κ2) is 5.85. The van der Waals surface area contributed by atoms with Gasteiger partial charge in [0, 0.05) is 19.1 Å². The number of carbonyl (C=O) groups is 1. The van der Waals surface area contributed by atoms with Crippen LogP contribution in [0.4, 0.5) is 0 Å². The molecule has 98 valence electrons. The molecule has 2 aliphatic rings. The molecule has 1 N–H and O–H groups in total. The number of hydrogen-bond acceptors (Lipinski definition) is 2. The fourth-order valence-electron chi connectivity index (χ4n) is 3.11. The van der Waals surface area contributed by atoms with Crippen LogP contribution < -0.4 is 5.32 Å². The molecule has 1 saturated carbocycles. The lowest BCUT2D eigenvalue weighted by molar-refractivity contribution is -0.129. The van der Waals surface area contributed by atoms with E-state index < -0.39 is 0 Å². The van der Waals surface area contributed by atoms with Crippen LogP contribution in [0.5, 0.6) is 0 Å². The highest BCUT2D eigenvalue weighted by Crippen LogP contribution is 2.28. The van der Waals surface area contributed by atoms with E-state index in [9.17, 15) is 4.79 Å². The van der Waals surface area contributed by atoms with E-state index >= 15 is 0 Å². The Labute approximate surface area is 105 Å². The third-order valence-electron chi connectivity index (χ3n) is 4.43. The zero-order valence-electron chi connectivity index (χ0n) is 11.2. The smallest absolute Gasteiger partial charge is 0.236 e. The summed E-state index contributed by atoms with van der Waals surface area (Å²) >= 11 is 0. The van der Waals surface area contributed by atoms with Gasteiger partial charge in [-0.15, -0.1) is 0 Å². The van der Waals surface area contributed by atoms with Crippen LogP contribution in [0.1, 0.15) is 46.0 Å². The van der Waals surface area contributed by atoms with Crippen LogP contribution in [0.3, 0.4) is 0 Å². The Bertz CT molecular complexity index is 261. The lowest BCUT2D eigenvalue weighted by atomic mass is 9.80. The summed E-state index contributed by atoms with van der Waals surface area (Å²) < 4.78 is 0. The highest BCUT2D eigenvalue weighted by atomic mass is 16.2. The molecule has 1 amide bonds. The first kappa shape index (κ1) is 12.9. The van der Waals surface area contributed by atoms with Crippen molar-refractivity contribution in [2.24, 2.45) is 11.8 Å². The van der Waals surface area contributed by atoms with Crippen molar-refractivity contribution in [1.29, 1.82) is 0 Å². The summed E-state index contributed by atoms with van der Waals surface area (Å²) in [6.07, 6.45) is 6.25. The van der Waals surface area contributed by atoms with Gasteiger partial charge in [0.2, 0.25) is 5.91 Å². The molecule has 1 heterocycles. The summed E-state index contributed by atoms with van der Waals surface area (Å²) in [5, 5.41) is 3.49. The van der Waals surface area contributed by atoms with Crippen LogP contribution in [0, 0.1) is 11.8 Å². The molecule has 3 nitrogen and oxygen atoms in total. The van der Waals surface area contributed by atoms with Gasteiger partial charge in [0.1, 0.15) is 0 Å². The molecule has 0 aromatic carbocycles. The number of nitrogens with zero attached hydrogens (tertiary/aromatic N) is 1. The van der Waals surface area contributed by atoms with Crippen molar-refractivity contribution in [3.63, 3.8) is 0 Å². The Morgan fingerprint density at radius 1 is 1.24 bits per heavy atom. The number of nitrogens with one attached hydrogen (secondary N) is 1. The molecule has 0 aromatic rings. The van der Waals surface area contributed by atoms with E-state index in [2.05, 4.69) is 19.2 Å². The molecule has 3 heteroatoms. The largest absolute Gasteiger partial charge is 0.342 e. The van der Waals surface area contributed by atoms with E-state index in [-0.39, 0.29) is 0 Å². The van der Waals surface area contributed by atoms with Crippen LogP contribution in [-0.2, 0) is 4.79 Å². The minimum absolute atomic E-state index is 0.299. The molecule has 0 bridgehead atoms. The van der Waals surface area contributed by atoms with E-state index in [0.29, 0.717) is 18.5 Å². The Morgan fingerprint density at radius 3 is 2.65 bits per heavy atom. The molecule has 2 rings (SSSR count). The van der Waals surface area contributed by atoms with Crippen LogP contribution in [-0.4, -0.2) is 36.5 Å². The number of rotatable bonds is 3. The van der Waals surface area contributed by atoms with Gasteiger partial charge in [0.15, 0.2) is 0 Å². The second-order valence-electron chi connectivity index (χ2n) is 5.97. The highest BCUT2D eigenvalue weighted by Gasteiger charge is 2.26. The van der Waals surface area contributed by atoms with Gasteiger partial charge in [0.25, 0.3) is 0 Å². The summed E-state index contributed by atoms with van der Waals surface area (Å²) in [6, 6.07) is 0.547. The third-order valence-corrected chi connectivity index (χ3v) is 4.43. The highest BCUT2D eigenvalue weighted by molar-refractivity contribution is 5.78. The van der Waals surface area contributed by atoms with Crippen LogP contribution in [0.2, 0.25) is 0 Å². The monoisotopic (exact) mass is 238 g/mol. The molecular formula is C14H26N2O. The Balaban J connectivity index is 1.74. The van der Waals surface area contributed by atoms with E-state index in [4.69, 9.17) is 0 Å². The predicted molar refractivity (Wildman–Crippen MR) is 69.8 cm³/mol. The summed E-state index contributed by atoms with van der Waals surface area (Å²) in [5.74, 6) is 1.83. The molecule has 0 radical (unpaired) electrons. The third kappa shape index (κ3) is 3.44. The number of carbonyl (C=O) groups excluding carboxylic acids is 1. The topological polar surface area (TPSA) is 32.3 Å². The standard InChI is InChI=1S/C14H26N2O/c1-11-5-6-12(2)13(9-11)15-10-14(17)16-7-3-4-8-16/h11-13,15H,3-10H2,1-2H3. The van der Waals surface area contributed by atoms with E-state index in [1.165, 1.54) is 32.1 Å². The molecule has 2 fully saturated rings.